The van der Waals surface area contributed by atoms with Crippen molar-refractivity contribution in [3.05, 3.63) is 47.5 Å². The maximum absolute atomic E-state index is 5.37. The fourth-order valence-corrected chi connectivity index (χ4v) is 2.67. The van der Waals surface area contributed by atoms with Gasteiger partial charge in [0.1, 0.15) is 0 Å². The number of nitrogens with one attached hydrogen (secondary N) is 1. The first-order valence-corrected chi connectivity index (χ1v) is 7.12. The van der Waals surface area contributed by atoms with Crippen LogP contribution in [0.5, 0.6) is 0 Å². The van der Waals surface area contributed by atoms with Gasteiger partial charge in [-0.15, -0.1) is 11.8 Å². The minimum Gasteiger partial charge on any atom is -0.329 e. The molecular weight excluding hydrogens is 262 g/mol. The molecule has 0 saturated carbocycles. The second-order valence-electron chi connectivity index (χ2n) is 3.86. The average Bonchev–Trinajstić information content (AvgIpc) is 2.75. The van der Waals surface area contributed by atoms with Gasteiger partial charge in [-0.2, -0.15) is 0 Å². The zero-order valence-corrected chi connectivity index (χ0v) is 11.4. The molecule has 0 atom stereocenters. The van der Waals surface area contributed by atoms with Crippen molar-refractivity contribution < 1.29 is 0 Å². The number of hydrogen-bond donors (Lipinski definition) is 1. The highest BCUT2D eigenvalue weighted by Gasteiger charge is 2.05. The van der Waals surface area contributed by atoms with Crippen LogP contribution in [0.15, 0.2) is 47.6 Å². The summed E-state index contributed by atoms with van der Waals surface area (Å²) in [5.41, 5.74) is 3.07. The summed E-state index contributed by atoms with van der Waals surface area (Å²) in [4.78, 5) is 8.50. The van der Waals surface area contributed by atoms with E-state index in [2.05, 4.69) is 40.5 Å². The van der Waals surface area contributed by atoms with E-state index >= 15 is 0 Å². The van der Waals surface area contributed by atoms with Crippen LogP contribution >= 0.6 is 24.0 Å². The highest BCUT2D eigenvalue weighted by atomic mass is 32.2. The van der Waals surface area contributed by atoms with E-state index in [9.17, 15) is 0 Å². The number of rotatable bonds is 2. The van der Waals surface area contributed by atoms with Crippen molar-refractivity contribution in [1.29, 1.82) is 0 Å². The third kappa shape index (κ3) is 1.85. The molecule has 2 aromatic heterocycles. The fourth-order valence-electron chi connectivity index (χ4n) is 1.95. The quantitative estimate of drug-likeness (QED) is 0.569. The topological polar surface area (TPSA) is 33.6 Å². The number of H-pyrrole nitrogens is 1. The normalized spacial score (nSPS) is 10.9. The molecule has 1 N–H and O–H groups in total. The molecule has 5 heteroatoms. The number of pyridine rings is 1. The lowest BCUT2D eigenvalue weighted by Crippen LogP contribution is -1.93. The predicted octanol–water partition coefficient (Wildman–Crippen LogP) is 3.80. The van der Waals surface area contributed by atoms with E-state index in [1.807, 2.05) is 10.6 Å². The second-order valence-corrected chi connectivity index (χ2v) is 5.12. The number of nitrogens with zero attached hydrogens (tertiary/aromatic N) is 2. The van der Waals surface area contributed by atoms with Crippen LogP contribution in [0.2, 0.25) is 0 Å². The van der Waals surface area contributed by atoms with E-state index in [-0.39, 0.29) is 0 Å². The maximum atomic E-state index is 5.37. The van der Waals surface area contributed by atoms with Crippen molar-refractivity contribution in [2.75, 3.05) is 6.26 Å². The summed E-state index contributed by atoms with van der Waals surface area (Å²) >= 11 is 7.10. The fraction of sp³-hybridized carbons (Fsp3) is 0.0769. The molecule has 0 bridgehead atoms. The van der Waals surface area contributed by atoms with Crippen molar-refractivity contribution in [2.24, 2.45) is 0 Å². The van der Waals surface area contributed by atoms with Crippen LogP contribution in [-0.4, -0.2) is 20.8 Å². The van der Waals surface area contributed by atoms with Crippen LogP contribution < -0.4 is 0 Å². The molecule has 1 aromatic carbocycles. The molecule has 90 valence electrons. The summed E-state index contributed by atoms with van der Waals surface area (Å²) < 4.78 is 2.71. The molecule has 0 amide bonds. The van der Waals surface area contributed by atoms with E-state index in [0.29, 0.717) is 4.77 Å². The molecule has 3 nitrogen and oxygen atoms in total. The molecule has 0 spiro atoms. The number of aromatic amines is 1. The van der Waals surface area contributed by atoms with Crippen LogP contribution in [0, 0.1) is 4.77 Å². The van der Waals surface area contributed by atoms with Crippen LogP contribution in [0.1, 0.15) is 0 Å². The van der Waals surface area contributed by atoms with E-state index in [1.54, 1.807) is 24.2 Å². The second kappa shape index (κ2) is 4.59. The first kappa shape index (κ1) is 11.5. The third-order valence-electron chi connectivity index (χ3n) is 2.81. The van der Waals surface area contributed by atoms with E-state index in [1.165, 1.54) is 4.90 Å². The Morgan fingerprint density at radius 2 is 2.00 bits per heavy atom. The molecule has 3 rings (SSSR count). The van der Waals surface area contributed by atoms with Crippen molar-refractivity contribution in [2.45, 2.75) is 4.90 Å². The Morgan fingerprint density at radius 3 is 2.72 bits per heavy atom. The van der Waals surface area contributed by atoms with Crippen LogP contribution in [-0.2, 0) is 0 Å². The van der Waals surface area contributed by atoms with Gasteiger partial charge in [0, 0.05) is 16.8 Å². The maximum Gasteiger partial charge on any atom is 0.182 e. The van der Waals surface area contributed by atoms with Gasteiger partial charge in [-0.25, -0.2) is 0 Å². The van der Waals surface area contributed by atoms with Gasteiger partial charge >= 0.3 is 0 Å². The molecule has 0 radical (unpaired) electrons. The number of thioether (sulfide) groups is 1. The number of benzene rings is 1. The lowest BCUT2D eigenvalue weighted by Gasteiger charge is -2.05. The summed E-state index contributed by atoms with van der Waals surface area (Å²) in [5.74, 6) is 0. The number of aromatic nitrogens is 3. The van der Waals surface area contributed by atoms with E-state index in [0.717, 1.165) is 16.7 Å². The lowest BCUT2D eigenvalue weighted by atomic mass is 10.3. The zero-order chi connectivity index (χ0) is 12.5. The molecule has 0 fully saturated rings. The van der Waals surface area contributed by atoms with Gasteiger partial charge in [0.25, 0.3) is 0 Å². The number of fused-ring (bicyclic) bond motifs is 1. The Hall–Kier alpha value is -1.59. The largest absolute Gasteiger partial charge is 0.329 e. The van der Waals surface area contributed by atoms with Crippen LogP contribution in [0.25, 0.3) is 16.7 Å². The van der Waals surface area contributed by atoms with E-state index < -0.39 is 0 Å². The van der Waals surface area contributed by atoms with E-state index in [4.69, 9.17) is 12.2 Å². The van der Waals surface area contributed by atoms with Crippen molar-refractivity contribution in [3.63, 3.8) is 0 Å². The highest BCUT2D eigenvalue weighted by molar-refractivity contribution is 7.98. The minimum absolute atomic E-state index is 0.690. The van der Waals surface area contributed by atoms with Gasteiger partial charge in [-0.05, 0) is 48.8 Å². The van der Waals surface area contributed by atoms with Crippen molar-refractivity contribution >= 4 is 35.0 Å². The Kier molecular flexibility index (Phi) is 2.93. The Labute approximate surface area is 114 Å². The van der Waals surface area contributed by atoms with Crippen molar-refractivity contribution in [3.8, 4) is 5.69 Å². The predicted molar refractivity (Wildman–Crippen MR) is 78.0 cm³/mol. The van der Waals surface area contributed by atoms with Crippen LogP contribution in [0.4, 0.5) is 0 Å². The van der Waals surface area contributed by atoms with Crippen molar-refractivity contribution in [1.82, 2.24) is 14.5 Å². The molecule has 0 aliphatic heterocycles. The summed E-state index contributed by atoms with van der Waals surface area (Å²) in [6.45, 7) is 0. The summed E-state index contributed by atoms with van der Waals surface area (Å²) in [7, 11) is 0. The summed E-state index contributed by atoms with van der Waals surface area (Å²) in [5, 5.41) is 0. The smallest absolute Gasteiger partial charge is 0.182 e. The Balaban J connectivity index is 2.24. The molecule has 3 aromatic rings. The minimum atomic E-state index is 0.690. The molecule has 0 unspecified atom stereocenters. The lowest BCUT2D eigenvalue weighted by molar-refractivity contribution is 1.06. The van der Waals surface area contributed by atoms with Crippen LogP contribution in [0.3, 0.4) is 0 Å². The first-order chi connectivity index (χ1) is 8.79. The summed E-state index contributed by atoms with van der Waals surface area (Å²) in [6, 6.07) is 10.3. The molecule has 0 saturated heterocycles. The molecular formula is C13H11N3S2. The Morgan fingerprint density at radius 1 is 1.22 bits per heavy atom. The van der Waals surface area contributed by atoms with Gasteiger partial charge in [0.15, 0.2) is 4.77 Å². The van der Waals surface area contributed by atoms with Gasteiger partial charge in [0.2, 0.25) is 0 Å². The standard InChI is InChI=1S/C13H11N3S2/c1-18-10-4-2-9(3-5-10)16-12-6-7-14-8-11(12)15-13(16)17/h2-8H,1H3,(H,15,17). The number of hydrogen-bond acceptors (Lipinski definition) is 3. The Bertz CT molecular complexity index is 741. The third-order valence-corrected chi connectivity index (χ3v) is 3.84. The van der Waals surface area contributed by atoms with Gasteiger partial charge in [-0.1, -0.05) is 0 Å². The zero-order valence-electron chi connectivity index (χ0n) is 9.75. The molecule has 18 heavy (non-hydrogen) atoms. The average molecular weight is 273 g/mol. The molecule has 0 aliphatic carbocycles. The monoisotopic (exact) mass is 273 g/mol. The van der Waals surface area contributed by atoms with Gasteiger partial charge in [-0.3, -0.25) is 9.55 Å². The highest BCUT2D eigenvalue weighted by Crippen LogP contribution is 2.21. The molecule has 0 aliphatic rings. The molecule has 2 heterocycles. The van der Waals surface area contributed by atoms with Gasteiger partial charge < -0.3 is 4.98 Å². The SMILES string of the molecule is CSc1ccc(-n2c(=S)[nH]c3cnccc32)cc1. The van der Waals surface area contributed by atoms with Gasteiger partial charge in [0.05, 0.1) is 17.2 Å². The first-order valence-electron chi connectivity index (χ1n) is 5.49. The summed E-state index contributed by atoms with van der Waals surface area (Å²) in [6.07, 6.45) is 5.63. The number of imidazole rings is 1.